The van der Waals surface area contributed by atoms with Gasteiger partial charge in [-0.2, -0.15) is 0 Å². The van der Waals surface area contributed by atoms with Gasteiger partial charge in [-0.15, -0.1) is 11.3 Å². The molecule has 1 saturated heterocycles. The van der Waals surface area contributed by atoms with Crippen molar-refractivity contribution in [3.63, 3.8) is 0 Å². The zero-order chi connectivity index (χ0) is 18.5. The molecule has 144 valence electrons. The van der Waals surface area contributed by atoms with E-state index >= 15 is 0 Å². The van der Waals surface area contributed by atoms with Crippen LogP contribution in [0.15, 0.2) is 17.5 Å². The molecule has 0 aromatic carbocycles. The van der Waals surface area contributed by atoms with E-state index in [-0.39, 0.29) is 24.0 Å². The molecular formula is C20H29NO4S. The van der Waals surface area contributed by atoms with Gasteiger partial charge < -0.3 is 14.9 Å². The maximum Gasteiger partial charge on any atom is 0.355 e. The highest BCUT2D eigenvalue weighted by atomic mass is 32.1. The largest absolute Gasteiger partial charge is 0.476 e. The van der Waals surface area contributed by atoms with E-state index in [9.17, 15) is 9.90 Å². The average molecular weight is 380 g/mol. The molecule has 0 amide bonds. The van der Waals surface area contributed by atoms with E-state index in [2.05, 4.69) is 18.0 Å². The number of aliphatic hydroxyl groups is 1. The Kier molecular flexibility index (Phi) is 6.84. The maximum absolute atomic E-state index is 11.0. The molecular weight excluding hydrogens is 350 g/mol. The summed E-state index contributed by atoms with van der Waals surface area (Å²) in [6, 6.07) is 0. The fraction of sp³-hybridized carbons (Fsp3) is 0.700. The number of allylic oxidation sites excluding steroid dienone is 1. The number of thiazole rings is 1. The number of hydrogen-bond acceptors (Lipinski definition) is 5. The predicted octanol–water partition coefficient (Wildman–Crippen LogP) is 4.59. The number of carboxylic acids is 1. The zero-order valence-corrected chi connectivity index (χ0v) is 16.2. The van der Waals surface area contributed by atoms with Crippen LogP contribution in [-0.2, 0) is 4.74 Å². The molecule has 0 spiro atoms. The van der Waals surface area contributed by atoms with Crippen LogP contribution in [0, 0.1) is 11.8 Å². The molecule has 6 heteroatoms. The number of ether oxygens (including phenoxy) is 1. The van der Waals surface area contributed by atoms with Crippen LogP contribution in [0.3, 0.4) is 0 Å². The topological polar surface area (TPSA) is 79.7 Å². The highest BCUT2D eigenvalue weighted by Crippen LogP contribution is 2.46. The molecule has 2 heterocycles. The molecule has 2 fully saturated rings. The van der Waals surface area contributed by atoms with Crippen molar-refractivity contribution in [2.45, 2.75) is 76.6 Å². The quantitative estimate of drug-likeness (QED) is 0.510. The Morgan fingerprint density at radius 3 is 2.96 bits per heavy atom. The monoisotopic (exact) mass is 379 g/mol. The molecule has 5 atom stereocenters. The van der Waals surface area contributed by atoms with Gasteiger partial charge >= 0.3 is 5.97 Å². The first kappa shape index (κ1) is 19.5. The Morgan fingerprint density at radius 2 is 2.23 bits per heavy atom. The van der Waals surface area contributed by atoms with Crippen LogP contribution in [0.5, 0.6) is 0 Å². The summed E-state index contributed by atoms with van der Waals surface area (Å²) < 4.78 is 6.26. The van der Waals surface area contributed by atoms with Crippen molar-refractivity contribution in [1.29, 1.82) is 0 Å². The molecule has 0 radical (unpaired) electrons. The summed E-state index contributed by atoms with van der Waals surface area (Å²) in [6.07, 6.45) is 12.4. The van der Waals surface area contributed by atoms with Crippen LogP contribution >= 0.6 is 11.3 Å². The van der Waals surface area contributed by atoms with E-state index in [0.717, 1.165) is 43.5 Å². The Balaban J connectivity index is 1.52. The molecule has 1 aliphatic heterocycles. The highest BCUT2D eigenvalue weighted by molar-refractivity contribution is 7.09. The number of unbranched alkanes of at least 4 members (excludes halogenated alkanes) is 2. The first-order valence-corrected chi connectivity index (χ1v) is 10.7. The second kappa shape index (κ2) is 9.11. The Hall–Kier alpha value is -1.24. The average Bonchev–Trinajstić information content (AvgIpc) is 3.27. The van der Waals surface area contributed by atoms with Crippen molar-refractivity contribution in [1.82, 2.24) is 4.98 Å². The van der Waals surface area contributed by atoms with Gasteiger partial charge in [-0.25, -0.2) is 9.78 Å². The third-order valence-corrected chi connectivity index (χ3v) is 6.55. The van der Waals surface area contributed by atoms with Crippen molar-refractivity contribution < 1.29 is 19.7 Å². The van der Waals surface area contributed by atoms with Crippen LogP contribution in [0.25, 0.3) is 0 Å². The number of fused-ring (bicyclic) bond motifs is 1. The molecule has 5 nitrogen and oxygen atoms in total. The normalized spacial score (nSPS) is 29.8. The molecule has 2 N–H and O–H groups in total. The number of aromatic carboxylic acids is 1. The summed E-state index contributed by atoms with van der Waals surface area (Å²) in [5.41, 5.74) is 0.111. The van der Waals surface area contributed by atoms with Gasteiger partial charge in [-0.05, 0) is 43.9 Å². The molecule has 1 aliphatic carbocycles. The number of carbonyl (C=O) groups is 1. The smallest absolute Gasteiger partial charge is 0.355 e. The number of aliphatic hydroxyl groups excluding tert-OH is 1. The van der Waals surface area contributed by atoms with Gasteiger partial charge in [0.1, 0.15) is 11.1 Å². The SMILES string of the molecule is CCCCCC(O)/C=C/[C@H]1CC[C@@H]2OC(c3nc(C(=O)O)cs3)CC[C@@H]21. The van der Waals surface area contributed by atoms with Crippen LogP contribution in [0.2, 0.25) is 0 Å². The van der Waals surface area contributed by atoms with E-state index in [1.54, 1.807) is 5.38 Å². The molecule has 26 heavy (non-hydrogen) atoms. The van der Waals surface area contributed by atoms with Crippen LogP contribution in [-0.4, -0.2) is 33.4 Å². The molecule has 0 bridgehead atoms. The highest BCUT2D eigenvalue weighted by Gasteiger charge is 2.41. The van der Waals surface area contributed by atoms with Gasteiger partial charge in [0.25, 0.3) is 0 Å². The first-order chi connectivity index (χ1) is 12.6. The molecule has 1 aromatic heterocycles. The number of rotatable bonds is 8. The lowest BCUT2D eigenvalue weighted by atomic mass is 9.86. The second-order valence-corrected chi connectivity index (χ2v) is 8.36. The molecule has 1 saturated carbocycles. The van der Waals surface area contributed by atoms with Crippen LogP contribution < -0.4 is 0 Å². The Morgan fingerprint density at radius 1 is 1.38 bits per heavy atom. The van der Waals surface area contributed by atoms with Gasteiger partial charge in [0.05, 0.1) is 12.2 Å². The summed E-state index contributed by atoms with van der Waals surface area (Å²) in [6.45, 7) is 2.17. The first-order valence-electron chi connectivity index (χ1n) is 9.79. The van der Waals surface area contributed by atoms with Gasteiger partial charge in [-0.1, -0.05) is 38.3 Å². The van der Waals surface area contributed by atoms with Gasteiger partial charge in [0.2, 0.25) is 0 Å². The fourth-order valence-corrected chi connectivity index (χ4v) is 5.04. The maximum atomic E-state index is 11.0. The lowest BCUT2D eigenvalue weighted by Gasteiger charge is -2.33. The minimum Gasteiger partial charge on any atom is -0.476 e. The summed E-state index contributed by atoms with van der Waals surface area (Å²) in [4.78, 5) is 15.2. The molecule has 2 unspecified atom stereocenters. The third kappa shape index (κ3) is 4.72. The lowest BCUT2D eigenvalue weighted by molar-refractivity contribution is -0.0763. The van der Waals surface area contributed by atoms with Crippen LogP contribution in [0.1, 0.15) is 79.9 Å². The second-order valence-electron chi connectivity index (χ2n) is 7.47. The fourth-order valence-electron chi connectivity index (χ4n) is 4.18. The van der Waals surface area contributed by atoms with E-state index in [0.29, 0.717) is 11.8 Å². The standard InChI is InChI=1S/C20H29NO4S/c1-2-3-4-5-14(22)8-6-13-7-10-17-15(13)9-11-18(25-17)19-21-16(12-26-19)20(23)24/h6,8,12-15,17-18,22H,2-5,7,9-11H2,1H3,(H,23,24)/b8-6+/t13-,14?,15+,17-,18?/m0/s1. The summed E-state index contributed by atoms with van der Waals surface area (Å²) in [5, 5.41) is 21.5. The minimum atomic E-state index is -0.982. The van der Waals surface area contributed by atoms with E-state index in [4.69, 9.17) is 9.84 Å². The van der Waals surface area contributed by atoms with Gasteiger partial charge in [0, 0.05) is 5.38 Å². The van der Waals surface area contributed by atoms with E-state index < -0.39 is 5.97 Å². The van der Waals surface area contributed by atoms with Gasteiger partial charge in [0.15, 0.2) is 5.69 Å². The van der Waals surface area contributed by atoms with Crippen molar-refractivity contribution in [3.8, 4) is 0 Å². The zero-order valence-electron chi connectivity index (χ0n) is 15.3. The Bertz CT molecular complexity index is 629. The molecule has 3 rings (SSSR count). The number of nitrogens with zero attached hydrogens (tertiary/aromatic N) is 1. The summed E-state index contributed by atoms with van der Waals surface area (Å²) >= 11 is 1.38. The van der Waals surface area contributed by atoms with Crippen molar-refractivity contribution in [2.75, 3.05) is 0 Å². The minimum absolute atomic E-state index is 0.0725. The number of carboxylic acid groups (broad SMARTS) is 1. The molecule has 1 aromatic rings. The summed E-state index contributed by atoms with van der Waals surface area (Å²) in [7, 11) is 0. The van der Waals surface area contributed by atoms with Crippen molar-refractivity contribution >= 4 is 17.3 Å². The van der Waals surface area contributed by atoms with E-state index in [1.807, 2.05) is 6.08 Å². The Labute approximate surface area is 159 Å². The van der Waals surface area contributed by atoms with E-state index in [1.165, 1.54) is 24.2 Å². The third-order valence-electron chi connectivity index (χ3n) is 5.61. The summed E-state index contributed by atoms with van der Waals surface area (Å²) in [5.74, 6) is 0.00152. The molecule has 2 aliphatic rings. The van der Waals surface area contributed by atoms with Crippen molar-refractivity contribution in [2.24, 2.45) is 11.8 Å². The number of hydrogen-bond donors (Lipinski definition) is 2. The predicted molar refractivity (Wildman–Crippen MR) is 101 cm³/mol. The number of aromatic nitrogens is 1. The van der Waals surface area contributed by atoms with Crippen molar-refractivity contribution in [3.05, 3.63) is 28.2 Å². The van der Waals surface area contributed by atoms with Gasteiger partial charge in [-0.3, -0.25) is 0 Å². The lowest BCUT2D eigenvalue weighted by Crippen LogP contribution is -2.29. The van der Waals surface area contributed by atoms with Crippen LogP contribution in [0.4, 0.5) is 0 Å².